The van der Waals surface area contributed by atoms with E-state index in [4.69, 9.17) is 5.73 Å². The fourth-order valence-electron chi connectivity index (χ4n) is 2.96. The molecule has 1 aliphatic rings. The van der Waals surface area contributed by atoms with Gasteiger partial charge in [0.15, 0.2) is 0 Å². The smallest absolute Gasteiger partial charge is 0.0167 e. The highest BCUT2D eigenvalue weighted by Gasteiger charge is 2.31. The van der Waals surface area contributed by atoms with Gasteiger partial charge in [0.2, 0.25) is 0 Å². The second-order valence-electron chi connectivity index (χ2n) is 5.56. The first-order chi connectivity index (χ1) is 7.65. The van der Waals surface area contributed by atoms with E-state index in [1.807, 2.05) is 0 Å². The molecule has 0 aromatic rings. The minimum atomic E-state index is 0.390. The number of hydrogen-bond acceptors (Lipinski definition) is 2. The van der Waals surface area contributed by atoms with Gasteiger partial charge in [-0.1, -0.05) is 40.0 Å². The number of nitrogens with zero attached hydrogens (tertiary/aromatic N) is 1. The second-order valence-corrected chi connectivity index (χ2v) is 5.56. The molecule has 0 spiro atoms. The molecule has 2 nitrogen and oxygen atoms in total. The third-order valence-corrected chi connectivity index (χ3v) is 4.57. The third-order valence-electron chi connectivity index (χ3n) is 4.57. The van der Waals surface area contributed by atoms with Gasteiger partial charge < -0.3 is 10.6 Å². The van der Waals surface area contributed by atoms with Crippen molar-refractivity contribution in [3.05, 3.63) is 0 Å². The van der Waals surface area contributed by atoms with E-state index in [9.17, 15) is 0 Å². The first-order valence-corrected chi connectivity index (χ1v) is 7.13. The Morgan fingerprint density at radius 1 is 1.12 bits per heavy atom. The molecule has 96 valence electrons. The van der Waals surface area contributed by atoms with Crippen molar-refractivity contribution in [2.45, 2.75) is 65.3 Å². The van der Waals surface area contributed by atoms with Gasteiger partial charge in [-0.25, -0.2) is 0 Å². The molecule has 1 unspecified atom stereocenters. The van der Waals surface area contributed by atoms with Crippen molar-refractivity contribution in [1.29, 1.82) is 0 Å². The van der Waals surface area contributed by atoms with Crippen LogP contribution in [0.1, 0.15) is 59.3 Å². The van der Waals surface area contributed by atoms with Crippen LogP contribution in [0.15, 0.2) is 0 Å². The van der Waals surface area contributed by atoms with Crippen molar-refractivity contribution in [2.75, 3.05) is 19.6 Å². The van der Waals surface area contributed by atoms with Gasteiger partial charge in [0.1, 0.15) is 0 Å². The lowest BCUT2D eigenvalue weighted by Crippen LogP contribution is -2.44. The summed E-state index contributed by atoms with van der Waals surface area (Å²) in [4.78, 5) is 2.57. The van der Waals surface area contributed by atoms with Crippen molar-refractivity contribution in [3.8, 4) is 0 Å². The maximum atomic E-state index is 6.11. The predicted molar refractivity (Wildman–Crippen MR) is 71.6 cm³/mol. The van der Waals surface area contributed by atoms with Crippen LogP contribution in [0.4, 0.5) is 0 Å². The molecule has 0 radical (unpaired) electrons. The molecule has 0 aromatic heterocycles. The van der Waals surface area contributed by atoms with Gasteiger partial charge in [-0.05, 0) is 37.8 Å². The van der Waals surface area contributed by atoms with E-state index >= 15 is 0 Å². The molecular weight excluding hydrogens is 196 g/mol. The van der Waals surface area contributed by atoms with Crippen LogP contribution in [-0.2, 0) is 0 Å². The minimum absolute atomic E-state index is 0.390. The van der Waals surface area contributed by atoms with E-state index < -0.39 is 0 Å². The Balaban J connectivity index is 2.31. The number of rotatable bonds is 6. The number of hydrogen-bond donors (Lipinski definition) is 1. The minimum Gasteiger partial charge on any atom is -0.327 e. The van der Waals surface area contributed by atoms with Crippen molar-refractivity contribution in [2.24, 2.45) is 11.1 Å². The molecule has 0 bridgehead atoms. The van der Waals surface area contributed by atoms with Crippen LogP contribution >= 0.6 is 0 Å². The molecule has 0 amide bonds. The molecular formula is C14H30N2. The van der Waals surface area contributed by atoms with Crippen LogP contribution in [0.3, 0.4) is 0 Å². The third kappa shape index (κ3) is 3.74. The average molecular weight is 226 g/mol. The first-order valence-electron chi connectivity index (χ1n) is 7.13. The standard InChI is InChI=1S/C14H30N2/c1-4-7-13(15)12-16-10-8-14(5-2,6-3)9-11-16/h13H,4-12,15H2,1-3H3. The summed E-state index contributed by atoms with van der Waals surface area (Å²) in [6, 6.07) is 0.390. The van der Waals surface area contributed by atoms with E-state index in [1.165, 1.54) is 51.6 Å². The van der Waals surface area contributed by atoms with Crippen LogP contribution in [0.5, 0.6) is 0 Å². The Labute approximate surface area is 102 Å². The fraction of sp³-hybridized carbons (Fsp3) is 1.00. The summed E-state index contributed by atoms with van der Waals surface area (Å²) in [6.45, 7) is 10.6. The van der Waals surface area contributed by atoms with Crippen LogP contribution in [0.2, 0.25) is 0 Å². The SMILES string of the molecule is CCCC(N)CN1CCC(CC)(CC)CC1. The molecule has 1 saturated heterocycles. The van der Waals surface area contributed by atoms with Gasteiger partial charge >= 0.3 is 0 Å². The molecule has 1 rings (SSSR count). The molecule has 1 fully saturated rings. The zero-order chi connectivity index (χ0) is 12.0. The lowest BCUT2D eigenvalue weighted by Gasteiger charge is -2.41. The largest absolute Gasteiger partial charge is 0.327 e. The maximum Gasteiger partial charge on any atom is 0.0167 e. The molecule has 1 atom stereocenters. The molecule has 2 heteroatoms. The number of nitrogens with two attached hydrogens (primary N) is 1. The van der Waals surface area contributed by atoms with Gasteiger partial charge in [-0.3, -0.25) is 0 Å². The quantitative estimate of drug-likeness (QED) is 0.754. The molecule has 0 saturated carbocycles. The van der Waals surface area contributed by atoms with Crippen molar-refractivity contribution < 1.29 is 0 Å². The molecule has 0 aromatic carbocycles. The molecule has 2 N–H and O–H groups in total. The van der Waals surface area contributed by atoms with Gasteiger partial charge in [0.25, 0.3) is 0 Å². The second kappa shape index (κ2) is 6.61. The fourth-order valence-corrected chi connectivity index (χ4v) is 2.96. The Morgan fingerprint density at radius 2 is 1.69 bits per heavy atom. The summed E-state index contributed by atoms with van der Waals surface area (Å²) in [6.07, 6.45) is 7.82. The maximum absolute atomic E-state index is 6.11. The summed E-state index contributed by atoms with van der Waals surface area (Å²) in [7, 11) is 0. The van der Waals surface area contributed by atoms with E-state index in [0.29, 0.717) is 11.5 Å². The van der Waals surface area contributed by atoms with Crippen LogP contribution in [0, 0.1) is 5.41 Å². The summed E-state index contributed by atoms with van der Waals surface area (Å²) in [5.74, 6) is 0. The zero-order valence-corrected chi connectivity index (χ0v) is 11.5. The summed E-state index contributed by atoms with van der Waals surface area (Å²) < 4.78 is 0. The summed E-state index contributed by atoms with van der Waals surface area (Å²) in [5.41, 5.74) is 6.75. The molecule has 0 aliphatic carbocycles. The highest BCUT2D eigenvalue weighted by atomic mass is 15.1. The van der Waals surface area contributed by atoms with Crippen molar-refractivity contribution in [3.63, 3.8) is 0 Å². The van der Waals surface area contributed by atoms with Crippen LogP contribution < -0.4 is 5.73 Å². The van der Waals surface area contributed by atoms with Gasteiger partial charge in [-0.15, -0.1) is 0 Å². The van der Waals surface area contributed by atoms with Gasteiger partial charge in [-0.2, -0.15) is 0 Å². The lowest BCUT2D eigenvalue weighted by molar-refractivity contribution is 0.0908. The Hall–Kier alpha value is -0.0800. The monoisotopic (exact) mass is 226 g/mol. The van der Waals surface area contributed by atoms with Gasteiger partial charge in [0.05, 0.1) is 0 Å². The van der Waals surface area contributed by atoms with E-state index in [2.05, 4.69) is 25.7 Å². The highest BCUT2D eigenvalue weighted by Crippen LogP contribution is 2.37. The molecule has 1 heterocycles. The summed E-state index contributed by atoms with van der Waals surface area (Å²) >= 11 is 0. The van der Waals surface area contributed by atoms with E-state index in [-0.39, 0.29) is 0 Å². The van der Waals surface area contributed by atoms with Crippen molar-refractivity contribution in [1.82, 2.24) is 4.90 Å². The van der Waals surface area contributed by atoms with Crippen molar-refractivity contribution >= 4 is 0 Å². The predicted octanol–water partition coefficient (Wildman–Crippen LogP) is 3.02. The van der Waals surface area contributed by atoms with Gasteiger partial charge in [0, 0.05) is 12.6 Å². The average Bonchev–Trinajstić information content (AvgIpc) is 2.31. The topological polar surface area (TPSA) is 29.3 Å². The Kier molecular flexibility index (Phi) is 5.77. The first kappa shape index (κ1) is 14.0. The zero-order valence-electron chi connectivity index (χ0n) is 11.5. The number of piperidine rings is 1. The lowest BCUT2D eigenvalue weighted by atomic mass is 9.74. The summed E-state index contributed by atoms with van der Waals surface area (Å²) in [5, 5.41) is 0. The number of likely N-dealkylation sites (tertiary alicyclic amines) is 1. The highest BCUT2D eigenvalue weighted by molar-refractivity contribution is 4.85. The Morgan fingerprint density at radius 3 is 2.12 bits per heavy atom. The molecule has 16 heavy (non-hydrogen) atoms. The van der Waals surface area contributed by atoms with E-state index in [1.54, 1.807) is 0 Å². The molecule has 1 aliphatic heterocycles. The van der Waals surface area contributed by atoms with Crippen LogP contribution in [0.25, 0.3) is 0 Å². The normalized spacial score (nSPS) is 23.2. The van der Waals surface area contributed by atoms with E-state index in [0.717, 1.165) is 6.54 Å². The Bertz CT molecular complexity index is 177. The van der Waals surface area contributed by atoms with Crippen LogP contribution in [-0.4, -0.2) is 30.6 Å².